The summed E-state index contributed by atoms with van der Waals surface area (Å²) in [7, 11) is -4.00. The third-order valence-corrected chi connectivity index (χ3v) is 7.69. The molecule has 1 aliphatic carbocycles. The summed E-state index contributed by atoms with van der Waals surface area (Å²) in [5.41, 5.74) is 3.40. The van der Waals surface area contributed by atoms with Gasteiger partial charge in [-0.05, 0) is 66.1 Å². The van der Waals surface area contributed by atoms with E-state index in [1.54, 1.807) is 24.5 Å². The monoisotopic (exact) mass is 515 g/mol. The molecule has 0 spiro atoms. The Bertz CT molecular complexity index is 1570. The number of pyridine rings is 1. The molecule has 2 atom stereocenters. The molecule has 0 aliphatic heterocycles. The number of nitrogens with one attached hydrogen (secondary N) is 2. The molecule has 9 heteroatoms. The van der Waals surface area contributed by atoms with Gasteiger partial charge in [-0.1, -0.05) is 48.0 Å². The molecular formula is C28H25N3O5S. The maximum Gasteiger partial charge on any atom is 0.421 e. The van der Waals surface area contributed by atoms with E-state index in [2.05, 4.69) is 10.3 Å². The summed E-state index contributed by atoms with van der Waals surface area (Å²) in [5, 5.41) is 5.03. The van der Waals surface area contributed by atoms with Crippen molar-refractivity contribution in [2.75, 3.05) is 5.32 Å². The number of amides is 2. The van der Waals surface area contributed by atoms with E-state index in [9.17, 15) is 18.0 Å². The first kappa shape index (κ1) is 24.5. The van der Waals surface area contributed by atoms with Crippen LogP contribution in [0.5, 0.6) is 0 Å². The lowest BCUT2D eigenvalue weighted by Crippen LogP contribution is -2.31. The van der Waals surface area contributed by atoms with Gasteiger partial charge in [-0.25, -0.2) is 17.9 Å². The van der Waals surface area contributed by atoms with E-state index in [-0.39, 0.29) is 29.2 Å². The number of carbonyl (C=O) groups is 2. The smallest absolute Gasteiger partial charge is 0.421 e. The summed E-state index contributed by atoms with van der Waals surface area (Å²) in [6, 6.07) is 21.2. The number of nitrogens with zero attached hydrogens (tertiary/aromatic N) is 1. The predicted octanol–water partition coefficient (Wildman–Crippen LogP) is 4.90. The Morgan fingerprint density at radius 2 is 1.73 bits per heavy atom. The number of aromatic nitrogens is 1. The molecule has 2 N–H and O–H groups in total. The first-order valence-corrected chi connectivity index (χ1v) is 13.3. The molecule has 1 fully saturated rings. The van der Waals surface area contributed by atoms with Crippen LogP contribution in [0.15, 0.2) is 90.1 Å². The molecule has 0 unspecified atom stereocenters. The maximum atomic E-state index is 12.7. The van der Waals surface area contributed by atoms with Crippen molar-refractivity contribution in [3.05, 3.63) is 102 Å². The highest BCUT2D eigenvalue weighted by molar-refractivity contribution is 7.90. The second-order valence-corrected chi connectivity index (χ2v) is 10.8. The van der Waals surface area contributed by atoms with Gasteiger partial charge in [0.15, 0.2) is 0 Å². The normalized spacial score (nSPS) is 16.7. The molecule has 1 aliphatic rings. The van der Waals surface area contributed by atoms with E-state index in [0.29, 0.717) is 5.56 Å². The fourth-order valence-electron chi connectivity index (χ4n) is 4.17. The van der Waals surface area contributed by atoms with Gasteiger partial charge >= 0.3 is 6.09 Å². The van der Waals surface area contributed by atoms with Gasteiger partial charge in [0.2, 0.25) is 5.91 Å². The summed E-state index contributed by atoms with van der Waals surface area (Å²) >= 11 is 0. The summed E-state index contributed by atoms with van der Waals surface area (Å²) in [6.45, 7) is 1.76. The molecule has 4 aromatic rings. The average Bonchev–Trinajstić information content (AvgIpc) is 3.69. The summed E-state index contributed by atoms with van der Waals surface area (Å²) < 4.78 is 31.6. The van der Waals surface area contributed by atoms with Crippen LogP contribution in [0.2, 0.25) is 0 Å². The van der Waals surface area contributed by atoms with Crippen LogP contribution in [0.4, 0.5) is 10.5 Å². The Kier molecular flexibility index (Phi) is 6.62. The maximum absolute atomic E-state index is 12.7. The lowest BCUT2D eigenvalue weighted by molar-refractivity contribution is -0.117. The predicted molar refractivity (Wildman–Crippen MR) is 139 cm³/mol. The van der Waals surface area contributed by atoms with Crippen LogP contribution in [0.25, 0.3) is 10.8 Å². The molecule has 2 amide bonds. The Balaban J connectivity index is 1.12. The highest BCUT2D eigenvalue weighted by Gasteiger charge is 2.43. The fraction of sp³-hybridized carbons (Fsp3) is 0.179. The lowest BCUT2D eigenvalue weighted by Gasteiger charge is -2.09. The average molecular weight is 516 g/mol. The van der Waals surface area contributed by atoms with E-state index in [1.807, 2.05) is 60.2 Å². The molecule has 1 saturated carbocycles. The molecule has 0 saturated heterocycles. The SMILES string of the molecule is Cc1ccc(S(=O)(=O)NC(=O)OCc2ccc([C@@H]3C[C@H]3C(=O)Nc3ccc4cnccc4c3)cc2)cc1. The number of rotatable bonds is 7. The molecular weight excluding hydrogens is 490 g/mol. The molecule has 188 valence electrons. The van der Waals surface area contributed by atoms with Gasteiger partial charge in [-0.2, -0.15) is 0 Å². The standard InChI is InChI=1S/C28H25N3O5S/c1-18-2-10-24(11-3-18)37(34,35)31-28(33)36-17-19-4-6-20(7-5-19)25-15-26(25)27(32)30-23-9-8-22-16-29-13-12-21(22)14-23/h2-14,16,25-26H,15,17H2,1H3,(H,30,32)(H,31,33)/t25-,26+/m0/s1. The first-order chi connectivity index (χ1) is 17.8. The Morgan fingerprint density at radius 1 is 0.973 bits per heavy atom. The summed E-state index contributed by atoms with van der Waals surface area (Å²) in [5.74, 6) is 0.00726. The molecule has 5 rings (SSSR count). The van der Waals surface area contributed by atoms with E-state index in [0.717, 1.165) is 34.0 Å². The minimum atomic E-state index is -4.00. The molecule has 1 heterocycles. The largest absolute Gasteiger partial charge is 0.444 e. The highest BCUT2D eigenvalue weighted by Crippen LogP contribution is 2.48. The van der Waals surface area contributed by atoms with E-state index >= 15 is 0 Å². The summed E-state index contributed by atoms with van der Waals surface area (Å²) in [6.07, 6.45) is 3.22. The minimum Gasteiger partial charge on any atom is -0.444 e. The number of sulfonamides is 1. The summed E-state index contributed by atoms with van der Waals surface area (Å²) in [4.78, 5) is 28.9. The Hall–Kier alpha value is -4.24. The van der Waals surface area contributed by atoms with Crippen molar-refractivity contribution in [2.45, 2.75) is 30.8 Å². The second kappa shape index (κ2) is 10.0. The number of fused-ring (bicyclic) bond motifs is 1. The van der Waals surface area contributed by atoms with Gasteiger partial charge in [-0.3, -0.25) is 9.78 Å². The number of benzene rings is 3. The van der Waals surface area contributed by atoms with Crippen LogP contribution >= 0.6 is 0 Å². The van der Waals surface area contributed by atoms with Crippen LogP contribution in [0, 0.1) is 12.8 Å². The van der Waals surface area contributed by atoms with E-state index in [4.69, 9.17) is 4.74 Å². The number of hydrogen-bond donors (Lipinski definition) is 2. The van der Waals surface area contributed by atoms with Crippen LogP contribution in [-0.2, 0) is 26.2 Å². The van der Waals surface area contributed by atoms with Crippen molar-refractivity contribution in [3.63, 3.8) is 0 Å². The van der Waals surface area contributed by atoms with Gasteiger partial charge in [-0.15, -0.1) is 0 Å². The van der Waals surface area contributed by atoms with Crippen LogP contribution in [0.1, 0.15) is 29.0 Å². The van der Waals surface area contributed by atoms with Gasteiger partial charge in [0.05, 0.1) is 4.90 Å². The second-order valence-electron chi connectivity index (χ2n) is 9.11. The molecule has 37 heavy (non-hydrogen) atoms. The zero-order valence-corrected chi connectivity index (χ0v) is 20.9. The number of ether oxygens (including phenoxy) is 1. The molecule has 3 aromatic carbocycles. The Labute approximate surface area is 214 Å². The highest BCUT2D eigenvalue weighted by atomic mass is 32.2. The third kappa shape index (κ3) is 5.78. The third-order valence-electron chi connectivity index (χ3n) is 6.36. The van der Waals surface area contributed by atoms with Crippen molar-refractivity contribution >= 4 is 38.5 Å². The van der Waals surface area contributed by atoms with Crippen LogP contribution < -0.4 is 10.0 Å². The molecule has 8 nitrogen and oxygen atoms in total. The van der Waals surface area contributed by atoms with Gasteiger partial charge in [0, 0.05) is 29.4 Å². The van der Waals surface area contributed by atoms with Crippen LogP contribution in [-0.4, -0.2) is 25.4 Å². The zero-order chi connectivity index (χ0) is 26.0. The van der Waals surface area contributed by atoms with E-state index < -0.39 is 16.1 Å². The van der Waals surface area contributed by atoms with E-state index in [1.165, 1.54) is 12.1 Å². The van der Waals surface area contributed by atoms with Crippen molar-refractivity contribution in [3.8, 4) is 0 Å². The number of hydrogen-bond acceptors (Lipinski definition) is 6. The topological polar surface area (TPSA) is 114 Å². The van der Waals surface area contributed by atoms with Gasteiger partial charge < -0.3 is 10.1 Å². The van der Waals surface area contributed by atoms with Crippen molar-refractivity contribution in [1.82, 2.24) is 9.71 Å². The molecule has 0 radical (unpaired) electrons. The lowest BCUT2D eigenvalue weighted by atomic mass is 10.1. The number of aryl methyl sites for hydroxylation is 1. The quantitative estimate of drug-likeness (QED) is 0.362. The zero-order valence-electron chi connectivity index (χ0n) is 20.0. The van der Waals surface area contributed by atoms with Gasteiger partial charge in [0.25, 0.3) is 10.0 Å². The van der Waals surface area contributed by atoms with Gasteiger partial charge in [0.1, 0.15) is 6.61 Å². The molecule has 0 bridgehead atoms. The minimum absolute atomic E-state index is 0.0136. The number of carbonyl (C=O) groups excluding carboxylic acids is 2. The first-order valence-electron chi connectivity index (χ1n) is 11.8. The van der Waals surface area contributed by atoms with Crippen LogP contribution in [0.3, 0.4) is 0 Å². The molecule has 1 aromatic heterocycles. The van der Waals surface area contributed by atoms with Crippen molar-refractivity contribution in [2.24, 2.45) is 5.92 Å². The number of anilines is 1. The fourth-order valence-corrected chi connectivity index (χ4v) is 5.07. The Morgan fingerprint density at radius 3 is 2.49 bits per heavy atom. The van der Waals surface area contributed by atoms with Crippen molar-refractivity contribution in [1.29, 1.82) is 0 Å². The van der Waals surface area contributed by atoms with Crippen molar-refractivity contribution < 1.29 is 22.7 Å².